The van der Waals surface area contributed by atoms with E-state index in [-0.39, 0.29) is 11.7 Å². The standard InChI is InChI=1S/C20H14BrN3OS2/c21-15-8-4-5-9-16(15)24-17(25)11-27-20-18-14(13-6-2-1-3-7-13)10-26-19(18)22-12-23-20/h1-10,12H,11H2,(H,24,25). The van der Waals surface area contributed by atoms with Crippen LogP contribution in [-0.2, 0) is 4.79 Å². The van der Waals surface area contributed by atoms with Gasteiger partial charge in [-0.05, 0) is 33.6 Å². The average Bonchev–Trinajstić information content (AvgIpc) is 3.14. The predicted molar refractivity (Wildman–Crippen MR) is 116 cm³/mol. The minimum absolute atomic E-state index is 0.0739. The highest BCUT2D eigenvalue weighted by molar-refractivity contribution is 9.10. The second kappa shape index (κ2) is 8.21. The number of carbonyl (C=O) groups excluding carboxylic acids is 1. The zero-order valence-corrected chi connectivity index (χ0v) is 17.3. The molecule has 0 saturated carbocycles. The Bertz CT molecular complexity index is 1100. The third kappa shape index (κ3) is 4.05. The highest BCUT2D eigenvalue weighted by Crippen LogP contribution is 2.37. The molecule has 27 heavy (non-hydrogen) atoms. The molecule has 2 aromatic heterocycles. The molecule has 1 amide bonds. The smallest absolute Gasteiger partial charge is 0.234 e. The second-order valence-electron chi connectivity index (χ2n) is 5.69. The number of thioether (sulfide) groups is 1. The van der Waals surface area contributed by atoms with Crippen LogP contribution in [0.25, 0.3) is 21.3 Å². The highest BCUT2D eigenvalue weighted by Gasteiger charge is 2.15. The first-order valence-electron chi connectivity index (χ1n) is 8.17. The van der Waals surface area contributed by atoms with Crippen LogP contribution < -0.4 is 5.32 Å². The third-order valence-corrected chi connectivity index (χ3v) is 6.48. The fraction of sp³-hybridized carbons (Fsp3) is 0.0500. The normalized spacial score (nSPS) is 10.9. The van der Waals surface area contributed by atoms with Gasteiger partial charge in [-0.1, -0.05) is 54.2 Å². The van der Waals surface area contributed by atoms with E-state index in [1.165, 1.54) is 11.8 Å². The lowest BCUT2D eigenvalue weighted by Crippen LogP contribution is -2.14. The van der Waals surface area contributed by atoms with Gasteiger partial charge in [-0.25, -0.2) is 9.97 Å². The Morgan fingerprint density at radius 3 is 2.67 bits per heavy atom. The molecule has 2 heterocycles. The SMILES string of the molecule is O=C(CSc1ncnc2scc(-c3ccccc3)c12)Nc1ccccc1Br. The van der Waals surface area contributed by atoms with E-state index in [2.05, 4.69) is 48.7 Å². The molecule has 0 aliphatic rings. The van der Waals surface area contributed by atoms with Gasteiger partial charge in [-0.15, -0.1) is 11.3 Å². The van der Waals surface area contributed by atoms with Crippen molar-refractivity contribution in [3.05, 3.63) is 70.8 Å². The van der Waals surface area contributed by atoms with Crippen LogP contribution in [0.15, 0.2) is 75.8 Å². The molecule has 2 aromatic carbocycles. The molecule has 0 aliphatic heterocycles. The van der Waals surface area contributed by atoms with E-state index in [1.807, 2.05) is 42.5 Å². The van der Waals surface area contributed by atoms with Crippen LogP contribution in [0.2, 0.25) is 0 Å². The number of nitrogens with zero attached hydrogens (tertiary/aromatic N) is 2. The van der Waals surface area contributed by atoms with Crippen LogP contribution in [-0.4, -0.2) is 21.6 Å². The molecule has 0 unspecified atom stereocenters. The van der Waals surface area contributed by atoms with E-state index in [1.54, 1.807) is 17.7 Å². The van der Waals surface area contributed by atoms with Gasteiger partial charge in [0.15, 0.2) is 0 Å². The molecule has 0 radical (unpaired) electrons. The van der Waals surface area contributed by atoms with Gasteiger partial charge in [-0.3, -0.25) is 4.79 Å². The summed E-state index contributed by atoms with van der Waals surface area (Å²) < 4.78 is 0.858. The number of anilines is 1. The number of carbonyl (C=O) groups is 1. The molecular weight excluding hydrogens is 442 g/mol. The minimum atomic E-state index is -0.0739. The van der Waals surface area contributed by atoms with Crippen LogP contribution in [0, 0.1) is 0 Å². The number of hydrogen-bond acceptors (Lipinski definition) is 5. The molecule has 4 nitrogen and oxygen atoms in total. The van der Waals surface area contributed by atoms with Crippen molar-refractivity contribution in [2.45, 2.75) is 5.03 Å². The Morgan fingerprint density at radius 2 is 1.85 bits per heavy atom. The Morgan fingerprint density at radius 1 is 1.07 bits per heavy atom. The van der Waals surface area contributed by atoms with Gasteiger partial charge in [0.1, 0.15) is 16.2 Å². The van der Waals surface area contributed by atoms with Crippen molar-refractivity contribution < 1.29 is 4.79 Å². The first-order valence-corrected chi connectivity index (χ1v) is 10.8. The lowest BCUT2D eigenvalue weighted by Gasteiger charge is -2.08. The van der Waals surface area contributed by atoms with Gasteiger partial charge < -0.3 is 5.32 Å². The number of rotatable bonds is 5. The number of halogens is 1. The summed E-state index contributed by atoms with van der Waals surface area (Å²) in [6.45, 7) is 0. The largest absolute Gasteiger partial charge is 0.324 e. The number of aromatic nitrogens is 2. The summed E-state index contributed by atoms with van der Waals surface area (Å²) in [5, 5.41) is 6.85. The van der Waals surface area contributed by atoms with Crippen molar-refractivity contribution in [1.29, 1.82) is 0 Å². The number of nitrogens with one attached hydrogen (secondary N) is 1. The molecule has 0 fully saturated rings. The molecule has 0 atom stereocenters. The van der Waals surface area contributed by atoms with E-state index in [4.69, 9.17) is 0 Å². The van der Waals surface area contributed by atoms with Crippen LogP contribution in [0.3, 0.4) is 0 Å². The van der Waals surface area contributed by atoms with E-state index in [0.717, 1.165) is 36.5 Å². The monoisotopic (exact) mass is 455 g/mol. The first-order chi connectivity index (χ1) is 13.2. The Balaban J connectivity index is 1.56. The quantitative estimate of drug-likeness (QED) is 0.302. The second-order valence-corrected chi connectivity index (χ2v) is 8.37. The van der Waals surface area contributed by atoms with Gasteiger partial charge in [0.25, 0.3) is 0 Å². The van der Waals surface area contributed by atoms with Crippen molar-refractivity contribution in [3.8, 4) is 11.1 Å². The van der Waals surface area contributed by atoms with Crippen LogP contribution in [0.5, 0.6) is 0 Å². The Labute approximate surface area is 173 Å². The van der Waals surface area contributed by atoms with Crippen molar-refractivity contribution >= 4 is 60.8 Å². The van der Waals surface area contributed by atoms with Crippen molar-refractivity contribution in [3.63, 3.8) is 0 Å². The fourth-order valence-electron chi connectivity index (χ4n) is 2.67. The number of benzene rings is 2. The summed E-state index contributed by atoms with van der Waals surface area (Å²) in [5.41, 5.74) is 2.99. The molecule has 4 aromatic rings. The van der Waals surface area contributed by atoms with Gasteiger partial charge in [0.2, 0.25) is 5.91 Å². The third-order valence-electron chi connectivity index (χ3n) is 3.91. The summed E-state index contributed by atoms with van der Waals surface area (Å²) in [6.07, 6.45) is 1.56. The summed E-state index contributed by atoms with van der Waals surface area (Å²) in [4.78, 5) is 22.1. The molecule has 134 valence electrons. The summed E-state index contributed by atoms with van der Waals surface area (Å²) in [6, 6.07) is 17.7. The molecule has 0 saturated heterocycles. The molecule has 4 rings (SSSR count). The van der Waals surface area contributed by atoms with Crippen molar-refractivity contribution in [1.82, 2.24) is 9.97 Å². The van der Waals surface area contributed by atoms with E-state index >= 15 is 0 Å². The van der Waals surface area contributed by atoms with E-state index < -0.39 is 0 Å². The highest BCUT2D eigenvalue weighted by atomic mass is 79.9. The van der Waals surface area contributed by atoms with Gasteiger partial charge in [0.05, 0.1) is 16.8 Å². The van der Waals surface area contributed by atoms with Gasteiger partial charge in [-0.2, -0.15) is 0 Å². The van der Waals surface area contributed by atoms with Crippen LogP contribution in [0.4, 0.5) is 5.69 Å². The minimum Gasteiger partial charge on any atom is -0.324 e. The summed E-state index contributed by atoms with van der Waals surface area (Å²) in [5.74, 6) is 0.201. The topological polar surface area (TPSA) is 54.9 Å². The lowest BCUT2D eigenvalue weighted by atomic mass is 10.1. The zero-order chi connectivity index (χ0) is 18.6. The number of para-hydroxylation sites is 1. The number of hydrogen-bond donors (Lipinski definition) is 1. The summed E-state index contributed by atoms with van der Waals surface area (Å²) >= 11 is 6.46. The summed E-state index contributed by atoms with van der Waals surface area (Å²) in [7, 11) is 0. The van der Waals surface area contributed by atoms with E-state index in [0.29, 0.717) is 0 Å². The molecule has 7 heteroatoms. The molecule has 0 aliphatic carbocycles. The fourth-order valence-corrected chi connectivity index (χ4v) is 4.85. The van der Waals surface area contributed by atoms with E-state index in [9.17, 15) is 4.79 Å². The molecule has 0 bridgehead atoms. The maximum atomic E-state index is 12.4. The number of thiophene rings is 1. The van der Waals surface area contributed by atoms with Crippen molar-refractivity contribution in [2.75, 3.05) is 11.1 Å². The van der Waals surface area contributed by atoms with Gasteiger partial charge in [0, 0.05) is 15.4 Å². The van der Waals surface area contributed by atoms with Crippen molar-refractivity contribution in [2.24, 2.45) is 0 Å². The number of amides is 1. The lowest BCUT2D eigenvalue weighted by molar-refractivity contribution is -0.113. The molecule has 1 N–H and O–H groups in total. The predicted octanol–water partition coefficient (Wildman–Crippen LogP) is 5.85. The Kier molecular flexibility index (Phi) is 5.52. The number of fused-ring (bicyclic) bond motifs is 1. The van der Waals surface area contributed by atoms with Crippen LogP contribution >= 0.6 is 39.0 Å². The first kappa shape index (κ1) is 18.2. The van der Waals surface area contributed by atoms with Crippen LogP contribution in [0.1, 0.15) is 0 Å². The molecular formula is C20H14BrN3OS2. The maximum Gasteiger partial charge on any atom is 0.234 e. The van der Waals surface area contributed by atoms with Gasteiger partial charge >= 0.3 is 0 Å². The maximum absolute atomic E-state index is 12.4. The Hall–Kier alpha value is -2.22. The zero-order valence-electron chi connectivity index (χ0n) is 14.1. The molecule has 0 spiro atoms. The average molecular weight is 456 g/mol.